The molecule has 1 N–H and O–H groups in total. The Morgan fingerprint density at radius 1 is 1.40 bits per heavy atom. The standard InChI is InChI=1S/C11H20N4/c1-2-15-11(13-9-14-15)8-12-10-6-4-3-5-7-10/h9-10,12H,2-8H2,1H3. The van der Waals surface area contributed by atoms with Gasteiger partial charge in [-0.2, -0.15) is 5.10 Å². The summed E-state index contributed by atoms with van der Waals surface area (Å²) in [5.41, 5.74) is 0. The van der Waals surface area contributed by atoms with Crippen LogP contribution in [0.1, 0.15) is 44.9 Å². The highest BCUT2D eigenvalue weighted by Crippen LogP contribution is 2.17. The van der Waals surface area contributed by atoms with Crippen LogP contribution in [0.5, 0.6) is 0 Å². The molecule has 0 atom stereocenters. The predicted molar refractivity (Wildman–Crippen MR) is 59.4 cm³/mol. The molecule has 2 rings (SSSR count). The Hall–Kier alpha value is -0.900. The lowest BCUT2D eigenvalue weighted by molar-refractivity contribution is 0.366. The van der Waals surface area contributed by atoms with Crippen LogP contribution in [-0.2, 0) is 13.1 Å². The lowest BCUT2D eigenvalue weighted by atomic mass is 9.95. The molecule has 0 saturated heterocycles. The molecule has 1 aliphatic rings. The second kappa shape index (κ2) is 5.26. The molecule has 1 saturated carbocycles. The Balaban J connectivity index is 1.81. The van der Waals surface area contributed by atoms with E-state index < -0.39 is 0 Å². The van der Waals surface area contributed by atoms with Crippen molar-refractivity contribution in [2.45, 2.75) is 58.2 Å². The molecule has 1 fully saturated rings. The summed E-state index contributed by atoms with van der Waals surface area (Å²) in [7, 11) is 0. The van der Waals surface area contributed by atoms with Gasteiger partial charge in [-0.25, -0.2) is 9.67 Å². The zero-order valence-electron chi connectivity index (χ0n) is 9.45. The van der Waals surface area contributed by atoms with E-state index >= 15 is 0 Å². The van der Waals surface area contributed by atoms with Crippen LogP contribution in [0, 0.1) is 0 Å². The average molecular weight is 208 g/mol. The number of aryl methyl sites for hydroxylation is 1. The summed E-state index contributed by atoms with van der Waals surface area (Å²) in [5.74, 6) is 1.06. The van der Waals surface area contributed by atoms with Crippen molar-refractivity contribution in [3.63, 3.8) is 0 Å². The van der Waals surface area contributed by atoms with Gasteiger partial charge in [-0.3, -0.25) is 0 Å². The van der Waals surface area contributed by atoms with Crippen LogP contribution in [0.3, 0.4) is 0 Å². The van der Waals surface area contributed by atoms with E-state index in [4.69, 9.17) is 0 Å². The number of hydrogen-bond donors (Lipinski definition) is 1. The van der Waals surface area contributed by atoms with Crippen LogP contribution in [-0.4, -0.2) is 20.8 Å². The quantitative estimate of drug-likeness (QED) is 0.819. The summed E-state index contributed by atoms with van der Waals surface area (Å²) in [6.07, 6.45) is 8.43. The highest BCUT2D eigenvalue weighted by molar-refractivity contribution is 4.85. The van der Waals surface area contributed by atoms with E-state index in [2.05, 4.69) is 22.3 Å². The van der Waals surface area contributed by atoms with Gasteiger partial charge in [0.25, 0.3) is 0 Å². The van der Waals surface area contributed by atoms with Crippen molar-refractivity contribution in [1.82, 2.24) is 20.1 Å². The molecule has 1 heterocycles. The molecule has 0 amide bonds. The number of nitrogens with zero attached hydrogens (tertiary/aromatic N) is 3. The van der Waals surface area contributed by atoms with Gasteiger partial charge in [-0.1, -0.05) is 19.3 Å². The fourth-order valence-electron chi connectivity index (χ4n) is 2.23. The lowest BCUT2D eigenvalue weighted by Gasteiger charge is -2.22. The van der Waals surface area contributed by atoms with Gasteiger partial charge < -0.3 is 5.32 Å². The van der Waals surface area contributed by atoms with Crippen molar-refractivity contribution in [3.05, 3.63) is 12.2 Å². The first kappa shape index (κ1) is 10.6. The molecule has 0 spiro atoms. The smallest absolute Gasteiger partial charge is 0.140 e. The fourth-order valence-corrected chi connectivity index (χ4v) is 2.23. The average Bonchev–Trinajstić information content (AvgIpc) is 2.75. The van der Waals surface area contributed by atoms with Gasteiger partial charge in [-0.15, -0.1) is 0 Å². The summed E-state index contributed by atoms with van der Waals surface area (Å²) in [6, 6.07) is 0.695. The van der Waals surface area contributed by atoms with Crippen LogP contribution >= 0.6 is 0 Å². The largest absolute Gasteiger partial charge is 0.307 e. The zero-order chi connectivity index (χ0) is 10.5. The van der Waals surface area contributed by atoms with Crippen LogP contribution in [0.25, 0.3) is 0 Å². The monoisotopic (exact) mass is 208 g/mol. The molecule has 0 bridgehead atoms. The molecular weight excluding hydrogens is 188 g/mol. The topological polar surface area (TPSA) is 42.7 Å². The first-order valence-corrected chi connectivity index (χ1v) is 6.00. The zero-order valence-corrected chi connectivity index (χ0v) is 9.45. The minimum absolute atomic E-state index is 0.695. The summed E-state index contributed by atoms with van der Waals surface area (Å²) < 4.78 is 1.95. The maximum atomic E-state index is 4.26. The molecular formula is C11H20N4. The molecule has 0 radical (unpaired) electrons. The van der Waals surface area contributed by atoms with Gasteiger partial charge in [0.05, 0.1) is 6.54 Å². The van der Waals surface area contributed by atoms with Crippen LogP contribution in [0.4, 0.5) is 0 Å². The van der Waals surface area contributed by atoms with Gasteiger partial charge in [-0.05, 0) is 19.8 Å². The molecule has 4 nitrogen and oxygen atoms in total. The molecule has 0 aromatic carbocycles. The molecule has 1 aromatic heterocycles. The summed E-state index contributed by atoms with van der Waals surface area (Å²) in [5, 5.41) is 7.74. The van der Waals surface area contributed by atoms with Crippen molar-refractivity contribution >= 4 is 0 Å². The number of hydrogen-bond acceptors (Lipinski definition) is 3. The molecule has 1 aromatic rings. The number of aromatic nitrogens is 3. The van der Waals surface area contributed by atoms with Crippen molar-refractivity contribution in [2.24, 2.45) is 0 Å². The van der Waals surface area contributed by atoms with Crippen molar-refractivity contribution in [2.75, 3.05) is 0 Å². The molecule has 84 valence electrons. The van der Waals surface area contributed by atoms with Gasteiger partial charge >= 0.3 is 0 Å². The second-order valence-electron chi connectivity index (χ2n) is 4.21. The summed E-state index contributed by atoms with van der Waals surface area (Å²) >= 11 is 0. The van der Waals surface area contributed by atoms with Gasteiger partial charge in [0.15, 0.2) is 0 Å². The molecule has 0 aliphatic heterocycles. The first-order chi connectivity index (χ1) is 7.40. The van der Waals surface area contributed by atoms with Crippen molar-refractivity contribution in [3.8, 4) is 0 Å². The SMILES string of the molecule is CCn1ncnc1CNC1CCCCC1. The third-order valence-electron chi connectivity index (χ3n) is 3.15. The van der Waals surface area contributed by atoms with E-state index in [9.17, 15) is 0 Å². The van der Waals surface area contributed by atoms with E-state index in [1.165, 1.54) is 32.1 Å². The molecule has 15 heavy (non-hydrogen) atoms. The van der Waals surface area contributed by atoms with E-state index in [-0.39, 0.29) is 0 Å². The fraction of sp³-hybridized carbons (Fsp3) is 0.818. The third kappa shape index (κ3) is 2.78. The van der Waals surface area contributed by atoms with Crippen LogP contribution in [0.15, 0.2) is 6.33 Å². The summed E-state index contributed by atoms with van der Waals surface area (Å²) in [6.45, 7) is 3.86. The van der Waals surface area contributed by atoms with Crippen LogP contribution in [0.2, 0.25) is 0 Å². The minimum atomic E-state index is 0.695. The van der Waals surface area contributed by atoms with Gasteiger partial charge in [0, 0.05) is 12.6 Å². The Morgan fingerprint density at radius 3 is 2.93 bits per heavy atom. The van der Waals surface area contributed by atoms with E-state index in [0.717, 1.165) is 18.9 Å². The maximum absolute atomic E-state index is 4.26. The number of rotatable bonds is 4. The molecule has 4 heteroatoms. The Labute approximate surface area is 91.1 Å². The predicted octanol–water partition coefficient (Wildman–Crippen LogP) is 1.72. The molecule has 1 aliphatic carbocycles. The van der Waals surface area contributed by atoms with Gasteiger partial charge in [0.2, 0.25) is 0 Å². The highest BCUT2D eigenvalue weighted by atomic mass is 15.3. The minimum Gasteiger partial charge on any atom is -0.307 e. The summed E-state index contributed by atoms with van der Waals surface area (Å²) in [4.78, 5) is 4.26. The first-order valence-electron chi connectivity index (χ1n) is 6.00. The number of nitrogens with one attached hydrogen (secondary N) is 1. The van der Waals surface area contributed by atoms with Gasteiger partial charge in [0.1, 0.15) is 12.2 Å². The third-order valence-corrected chi connectivity index (χ3v) is 3.15. The van der Waals surface area contributed by atoms with E-state index in [1.807, 2.05) is 4.68 Å². The normalized spacial score (nSPS) is 18.2. The second-order valence-corrected chi connectivity index (χ2v) is 4.21. The Kier molecular flexibility index (Phi) is 3.72. The Morgan fingerprint density at radius 2 is 2.20 bits per heavy atom. The van der Waals surface area contributed by atoms with E-state index in [0.29, 0.717) is 6.04 Å². The van der Waals surface area contributed by atoms with Crippen LogP contribution < -0.4 is 5.32 Å². The maximum Gasteiger partial charge on any atom is 0.140 e. The van der Waals surface area contributed by atoms with Crippen molar-refractivity contribution in [1.29, 1.82) is 0 Å². The highest BCUT2D eigenvalue weighted by Gasteiger charge is 2.13. The lowest BCUT2D eigenvalue weighted by Crippen LogP contribution is -2.31. The molecule has 0 unspecified atom stereocenters. The van der Waals surface area contributed by atoms with E-state index in [1.54, 1.807) is 6.33 Å². The van der Waals surface area contributed by atoms with Crippen molar-refractivity contribution < 1.29 is 0 Å². The Bertz CT molecular complexity index is 289.